The zero-order valence-corrected chi connectivity index (χ0v) is 8.68. The van der Waals surface area contributed by atoms with Gasteiger partial charge in [0, 0.05) is 0 Å². The number of rotatable bonds is 8. The second-order valence-electron chi connectivity index (χ2n) is 3.21. The van der Waals surface area contributed by atoms with Gasteiger partial charge in [0.25, 0.3) is 0 Å². The van der Waals surface area contributed by atoms with Crippen LogP contribution in [0, 0.1) is 5.92 Å². The summed E-state index contributed by atoms with van der Waals surface area (Å²) in [5, 5.41) is 8.44. The molecule has 0 aromatic heterocycles. The van der Waals surface area contributed by atoms with Gasteiger partial charge >= 0.3 is 5.97 Å². The molecule has 1 N–H and O–H groups in total. The third-order valence-corrected chi connectivity index (χ3v) is 1.75. The minimum absolute atomic E-state index is 0.0234. The first-order chi connectivity index (χ1) is 7.24. The van der Waals surface area contributed by atoms with Gasteiger partial charge in [-0.1, -0.05) is 0 Å². The minimum atomic E-state index is -0.383. The van der Waals surface area contributed by atoms with Gasteiger partial charge in [0.05, 0.1) is 19.1 Å². The molecule has 0 amide bonds. The fourth-order valence-electron chi connectivity index (χ4n) is 0.841. The number of epoxide rings is 1. The van der Waals surface area contributed by atoms with E-state index in [0.717, 1.165) is 0 Å². The molecule has 1 saturated heterocycles. The van der Waals surface area contributed by atoms with E-state index in [2.05, 4.69) is 0 Å². The summed E-state index contributed by atoms with van der Waals surface area (Å²) in [4.78, 5) is 11.2. The molecule has 1 aliphatic heterocycles. The molecule has 1 fully saturated rings. The van der Waals surface area contributed by atoms with Crippen LogP contribution in [0.3, 0.4) is 0 Å². The predicted octanol–water partition coefficient (Wildman–Crippen LogP) is -0.495. The number of esters is 1. The van der Waals surface area contributed by atoms with E-state index < -0.39 is 0 Å². The third-order valence-electron chi connectivity index (χ3n) is 1.75. The Bertz CT molecular complexity index is 191. The SMILES string of the molecule is CC(COCOC1CO1)C(=O)OCCO. The molecule has 1 rings (SSSR count). The Morgan fingerprint density at radius 1 is 1.67 bits per heavy atom. The number of aliphatic hydroxyl groups is 1. The minimum Gasteiger partial charge on any atom is -0.463 e. The molecule has 0 radical (unpaired) electrons. The highest BCUT2D eigenvalue weighted by molar-refractivity contribution is 5.72. The Labute approximate surface area is 88.1 Å². The van der Waals surface area contributed by atoms with Crippen LogP contribution >= 0.6 is 0 Å². The van der Waals surface area contributed by atoms with Crippen molar-refractivity contribution < 1.29 is 28.8 Å². The highest BCUT2D eigenvalue weighted by Crippen LogP contribution is 2.10. The van der Waals surface area contributed by atoms with Crippen LogP contribution in [0.4, 0.5) is 0 Å². The maximum atomic E-state index is 11.2. The number of carbonyl (C=O) groups excluding carboxylic acids is 1. The molecular weight excluding hydrogens is 204 g/mol. The van der Waals surface area contributed by atoms with Crippen LogP contribution < -0.4 is 0 Å². The first kappa shape index (κ1) is 12.4. The molecular formula is C9H16O6. The quantitative estimate of drug-likeness (QED) is 0.257. The van der Waals surface area contributed by atoms with E-state index >= 15 is 0 Å². The first-order valence-corrected chi connectivity index (χ1v) is 4.82. The van der Waals surface area contributed by atoms with Crippen LogP contribution in [0.15, 0.2) is 0 Å². The largest absolute Gasteiger partial charge is 0.463 e. The topological polar surface area (TPSA) is 77.5 Å². The molecule has 1 aliphatic rings. The summed E-state index contributed by atoms with van der Waals surface area (Å²) >= 11 is 0. The highest BCUT2D eigenvalue weighted by atomic mass is 16.8. The van der Waals surface area contributed by atoms with E-state index in [4.69, 9.17) is 24.1 Å². The van der Waals surface area contributed by atoms with Gasteiger partial charge in [-0.2, -0.15) is 0 Å². The molecule has 0 aromatic rings. The summed E-state index contributed by atoms with van der Waals surface area (Å²) in [6.07, 6.45) is -0.137. The lowest BCUT2D eigenvalue weighted by Gasteiger charge is -2.10. The van der Waals surface area contributed by atoms with Crippen molar-refractivity contribution in [1.82, 2.24) is 0 Å². The van der Waals surface area contributed by atoms with Crippen LogP contribution in [-0.2, 0) is 23.7 Å². The lowest BCUT2D eigenvalue weighted by atomic mass is 10.2. The van der Waals surface area contributed by atoms with E-state index in [1.165, 1.54) is 0 Å². The van der Waals surface area contributed by atoms with Crippen LogP contribution in [-0.4, -0.2) is 50.6 Å². The van der Waals surface area contributed by atoms with Crippen LogP contribution in [0.2, 0.25) is 0 Å². The molecule has 15 heavy (non-hydrogen) atoms. The highest BCUT2D eigenvalue weighted by Gasteiger charge is 2.23. The van der Waals surface area contributed by atoms with Crippen molar-refractivity contribution in [3.63, 3.8) is 0 Å². The predicted molar refractivity (Wildman–Crippen MR) is 48.9 cm³/mol. The Hall–Kier alpha value is -0.690. The van der Waals surface area contributed by atoms with Crippen LogP contribution in [0.1, 0.15) is 6.92 Å². The second kappa shape index (κ2) is 6.73. The van der Waals surface area contributed by atoms with Gasteiger partial charge in [0.1, 0.15) is 20.0 Å². The molecule has 0 saturated carbocycles. The van der Waals surface area contributed by atoms with Gasteiger partial charge in [0.2, 0.25) is 0 Å². The van der Waals surface area contributed by atoms with Crippen molar-refractivity contribution in [2.24, 2.45) is 5.92 Å². The van der Waals surface area contributed by atoms with Crippen molar-refractivity contribution in [2.45, 2.75) is 13.2 Å². The van der Waals surface area contributed by atoms with Crippen molar-refractivity contribution >= 4 is 5.97 Å². The van der Waals surface area contributed by atoms with E-state index in [0.29, 0.717) is 6.61 Å². The Kier molecular flexibility index (Phi) is 5.56. The summed E-state index contributed by atoms with van der Waals surface area (Å²) in [6, 6.07) is 0. The lowest BCUT2D eigenvalue weighted by Crippen LogP contribution is -2.22. The standard InChI is InChI=1S/C9H16O6/c1-7(9(11)13-3-2-10)4-12-6-15-8-5-14-8/h7-8,10H,2-6H2,1H3. The van der Waals surface area contributed by atoms with Gasteiger partial charge in [0.15, 0.2) is 6.29 Å². The van der Waals surface area contributed by atoms with E-state index in [1.807, 2.05) is 0 Å². The normalized spacial score (nSPS) is 21.1. The summed E-state index contributed by atoms with van der Waals surface area (Å²) < 4.78 is 19.6. The Morgan fingerprint density at radius 2 is 2.40 bits per heavy atom. The van der Waals surface area contributed by atoms with E-state index in [-0.39, 0.29) is 44.8 Å². The maximum absolute atomic E-state index is 11.2. The molecule has 0 aliphatic carbocycles. The molecule has 6 heteroatoms. The molecule has 88 valence electrons. The fourth-order valence-corrected chi connectivity index (χ4v) is 0.841. The van der Waals surface area contributed by atoms with Crippen molar-refractivity contribution in [1.29, 1.82) is 0 Å². The molecule has 2 unspecified atom stereocenters. The van der Waals surface area contributed by atoms with Gasteiger partial charge in [-0.05, 0) is 6.92 Å². The summed E-state index contributed by atoms with van der Waals surface area (Å²) in [7, 11) is 0. The number of ether oxygens (including phenoxy) is 4. The second-order valence-corrected chi connectivity index (χ2v) is 3.21. The van der Waals surface area contributed by atoms with Gasteiger partial charge < -0.3 is 24.1 Å². The average molecular weight is 220 g/mol. The average Bonchev–Trinajstić information content (AvgIpc) is 3.04. The zero-order valence-electron chi connectivity index (χ0n) is 8.68. The molecule has 2 atom stereocenters. The van der Waals surface area contributed by atoms with Crippen molar-refractivity contribution in [3.8, 4) is 0 Å². The number of hydrogen-bond acceptors (Lipinski definition) is 6. The number of hydrogen-bond donors (Lipinski definition) is 1. The van der Waals surface area contributed by atoms with Crippen molar-refractivity contribution in [3.05, 3.63) is 0 Å². The fraction of sp³-hybridized carbons (Fsp3) is 0.889. The monoisotopic (exact) mass is 220 g/mol. The summed E-state index contributed by atoms with van der Waals surface area (Å²) in [5.41, 5.74) is 0. The molecule has 1 heterocycles. The van der Waals surface area contributed by atoms with Crippen molar-refractivity contribution in [2.75, 3.05) is 33.2 Å². The van der Waals surface area contributed by atoms with Crippen LogP contribution in [0.5, 0.6) is 0 Å². The third kappa shape index (κ3) is 5.68. The van der Waals surface area contributed by atoms with Gasteiger partial charge in [-0.25, -0.2) is 0 Å². The van der Waals surface area contributed by atoms with Gasteiger partial charge in [-0.15, -0.1) is 0 Å². The van der Waals surface area contributed by atoms with Gasteiger partial charge in [-0.3, -0.25) is 4.79 Å². The summed E-state index contributed by atoms with van der Waals surface area (Å²) in [5.74, 6) is -0.744. The van der Waals surface area contributed by atoms with Crippen LogP contribution in [0.25, 0.3) is 0 Å². The Morgan fingerprint density at radius 3 is 3.00 bits per heavy atom. The van der Waals surface area contributed by atoms with E-state index in [9.17, 15) is 4.79 Å². The smallest absolute Gasteiger partial charge is 0.311 e. The molecule has 6 nitrogen and oxygen atoms in total. The molecule has 0 bridgehead atoms. The number of aliphatic hydroxyl groups excluding tert-OH is 1. The molecule has 0 aromatic carbocycles. The maximum Gasteiger partial charge on any atom is 0.311 e. The Balaban J connectivity index is 1.95. The lowest BCUT2D eigenvalue weighted by molar-refractivity contribution is -0.154. The van der Waals surface area contributed by atoms with E-state index in [1.54, 1.807) is 6.92 Å². The zero-order chi connectivity index (χ0) is 11.1. The summed E-state index contributed by atoms with van der Waals surface area (Å²) in [6.45, 7) is 2.50. The first-order valence-electron chi connectivity index (χ1n) is 4.82. The number of carbonyl (C=O) groups is 1. The molecule has 0 spiro atoms.